The van der Waals surface area contributed by atoms with Crippen molar-refractivity contribution >= 4 is 0 Å². The number of hydrogen-bond acceptors (Lipinski definition) is 4. The number of hydrogen-bond donors (Lipinski definition) is 1. The van der Waals surface area contributed by atoms with Gasteiger partial charge in [-0.05, 0) is 32.6 Å². The Morgan fingerprint density at radius 1 is 1.40 bits per heavy atom. The van der Waals surface area contributed by atoms with Crippen molar-refractivity contribution in [2.24, 2.45) is 7.05 Å². The molecular weight excluding hydrogens is 252 g/mol. The number of nitrogens with zero attached hydrogens (tertiary/aromatic N) is 3. The molecule has 1 aliphatic heterocycles. The van der Waals surface area contributed by atoms with E-state index in [4.69, 9.17) is 4.74 Å². The molecule has 5 nitrogen and oxygen atoms in total. The minimum atomic E-state index is 0.160. The van der Waals surface area contributed by atoms with Crippen LogP contribution in [0.2, 0.25) is 0 Å². The number of ether oxygens (including phenoxy) is 1. The zero-order chi connectivity index (χ0) is 14.0. The monoisotopic (exact) mass is 278 g/mol. The molecule has 1 saturated carbocycles. The normalized spacial score (nSPS) is 27.6. The van der Waals surface area contributed by atoms with Gasteiger partial charge in [0.25, 0.3) is 0 Å². The van der Waals surface area contributed by atoms with Gasteiger partial charge in [0.05, 0.1) is 11.6 Å². The van der Waals surface area contributed by atoms with Crippen molar-refractivity contribution in [1.29, 1.82) is 0 Å². The highest BCUT2D eigenvalue weighted by molar-refractivity contribution is 4.97. The molecule has 112 valence electrons. The first-order chi connectivity index (χ1) is 9.69. The molecule has 20 heavy (non-hydrogen) atoms. The van der Waals surface area contributed by atoms with Crippen LogP contribution in [-0.4, -0.2) is 33.0 Å². The summed E-state index contributed by atoms with van der Waals surface area (Å²) in [7, 11) is 2.00. The van der Waals surface area contributed by atoms with Crippen LogP contribution in [0.25, 0.3) is 0 Å². The lowest BCUT2D eigenvalue weighted by molar-refractivity contribution is -0.110. The third-order valence-corrected chi connectivity index (χ3v) is 4.88. The second kappa shape index (κ2) is 5.82. The molecule has 0 aromatic carbocycles. The van der Waals surface area contributed by atoms with E-state index in [9.17, 15) is 0 Å². The Morgan fingerprint density at radius 2 is 2.20 bits per heavy atom. The zero-order valence-corrected chi connectivity index (χ0v) is 12.6. The van der Waals surface area contributed by atoms with Gasteiger partial charge in [-0.3, -0.25) is 0 Å². The van der Waals surface area contributed by atoms with Gasteiger partial charge in [0, 0.05) is 19.7 Å². The fraction of sp³-hybridized carbons (Fsp3) is 0.867. The van der Waals surface area contributed by atoms with E-state index in [0.29, 0.717) is 6.04 Å². The Balaban J connectivity index is 1.61. The maximum atomic E-state index is 6.16. The first-order valence-corrected chi connectivity index (χ1v) is 7.92. The van der Waals surface area contributed by atoms with Gasteiger partial charge >= 0.3 is 0 Å². The van der Waals surface area contributed by atoms with Crippen LogP contribution in [0.15, 0.2) is 6.33 Å². The van der Waals surface area contributed by atoms with Gasteiger partial charge in [-0.2, -0.15) is 0 Å². The summed E-state index contributed by atoms with van der Waals surface area (Å²) < 4.78 is 8.15. The van der Waals surface area contributed by atoms with E-state index >= 15 is 0 Å². The number of aromatic nitrogens is 3. The summed E-state index contributed by atoms with van der Waals surface area (Å²) in [6.07, 6.45) is 10.5. The van der Waals surface area contributed by atoms with Crippen molar-refractivity contribution in [3.63, 3.8) is 0 Å². The summed E-state index contributed by atoms with van der Waals surface area (Å²) in [6.45, 7) is 3.07. The average molecular weight is 278 g/mol. The van der Waals surface area contributed by atoms with Crippen molar-refractivity contribution in [2.75, 3.05) is 6.61 Å². The van der Waals surface area contributed by atoms with E-state index in [-0.39, 0.29) is 11.6 Å². The number of aryl methyl sites for hydroxylation is 1. The lowest BCUT2D eigenvalue weighted by atomic mass is 9.78. The van der Waals surface area contributed by atoms with Crippen LogP contribution in [-0.2, 0) is 11.8 Å². The van der Waals surface area contributed by atoms with E-state index in [1.54, 1.807) is 6.33 Å². The molecule has 1 saturated heterocycles. The maximum absolute atomic E-state index is 6.16. The molecule has 1 aromatic rings. The fourth-order valence-corrected chi connectivity index (χ4v) is 3.83. The van der Waals surface area contributed by atoms with Crippen LogP contribution in [0.1, 0.15) is 63.7 Å². The van der Waals surface area contributed by atoms with E-state index in [1.807, 2.05) is 11.6 Å². The number of nitrogens with one attached hydrogen (secondary N) is 1. The lowest BCUT2D eigenvalue weighted by Crippen LogP contribution is -2.48. The average Bonchev–Trinajstić information content (AvgIpc) is 2.86. The zero-order valence-electron chi connectivity index (χ0n) is 12.6. The molecule has 0 radical (unpaired) electrons. The highest BCUT2D eigenvalue weighted by atomic mass is 16.5. The van der Waals surface area contributed by atoms with Crippen LogP contribution in [0.4, 0.5) is 0 Å². The van der Waals surface area contributed by atoms with E-state index in [2.05, 4.69) is 22.4 Å². The first kappa shape index (κ1) is 14.0. The largest absolute Gasteiger partial charge is 0.375 e. The summed E-state index contributed by atoms with van der Waals surface area (Å²) in [4.78, 5) is 0. The Bertz CT molecular complexity index is 433. The predicted octanol–water partition coefficient (Wildman–Crippen LogP) is 2.35. The van der Waals surface area contributed by atoms with Gasteiger partial charge in [-0.1, -0.05) is 19.3 Å². The third kappa shape index (κ3) is 2.88. The minimum absolute atomic E-state index is 0.160. The second-order valence-electron chi connectivity index (χ2n) is 6.47. The molecule has 2 heterocycles. The standard InChI is InChI=1S/C15H26N4O/c1-12(14-18-16-11-19(14)2)17-13-6-9-20-15(10-13)7-4-3-5-8-15/h11-13,17H,3-10H2,1-2H3. The van der Waals surface area contributed by atoms with Gasteiger partial charge in [0.15, 0.2) is 0 Å². The quantitative estimate of drug-likeness (QED) is 0.922. The summed E-state index contributed by atoms with van der Waals surface area (Å²) in [5, 5.41) is 11.9. The first-order valence-electron chi connectivity index (χ1n) is 7.92. The Labute approximate surface area is 121 Å². The lowest BCUT2D eigenvalue weighted by Gasteiger charge is -2.44. The Hall–Kier alpha value is -0.940. The molecule has 2 unspecified atom stereocenters. The molecule has 5 heteroatoms. The van der Waals surface area contributed by atoms with Gasteiger partial charge < -0.3 is 14.6 Å². The molecule has 1 N–H and O–H groups in total. The minimum Gasteiger partial charge on any atom is -0.375 e. The SMILES string of the molecule is CC(NC1CCOC2(CCCCC2)C1)c1nncn1C. The van der Waals surface area contributed by atoms with Crippen LogP contribution in [0.3, 0.4) is 0 Å². The molecule has 1 aromatic heterocycles. The Kier molecular flexibility index (Phi) is 4.08. The molecule has 3 rings (SSSR count). The molecule has 2 fully saturated rings. The molecule has 2 aliphatic rings. The highest BCUT2D eigenvalue weighted by Gasteiger charge is 2.38. The number of rotatable bonds is 3. The van der Waals surface area contributed by atoms with Gasteiger partial charge in [-0.15, -0.1) is 10.2 Å². The smallest absolute Gasteiger partial charge is 0.149 e. The summed E-state index contributed by atoms with van der Waals surface area (Å²) in [5.74, 6) is 1.01. The van der Waals surface area contributed by atoms with Crippen LogP contribution >= 0.6 is 0 Å². The van der Waals surface area contributed by atoms with Crippen LogP contribution in [0, 0.1) is 0 Å². The van der Waals surface area contributed by atoms with Crippen molar-refractivity contribution < 1.29 is 4.74 Å². The second-order valence-corrected chi connectivity index (χ2v) is 6.47. The van der Waals surface area contributed by atoms with Gasteiger partial charge in [0.1, 0.15) is 12.2 Å². The van der Waals surface area contributed by atoms with Crippen molar-refractivity contribution in [3.05, 3.63) is 12.2 Å². The molecule has 2 atom stereocenters. The van der Waals surface area contributed by atoms with Gasteiger partial charge in [0.2, 0.25) is 0 Å². The van der Waals surface area contributed by atoms with Crippen molar-refractivity contribution in [1.82, 2.24) is 20.1 Å². The highest BCUT2D eigenvalue weighted by Crippen LogP contribution is 2.38. The molecular formula is C15H26N4O. The van der Waals surface area contributed by atoms with E-state index in [1.165, 1.54) is 32.1 Å². The van der Waals surface area contributed by atoms with Crippen molar-refractivity contribution in [3.8, 4) is 0 Å². The van der Waals surface area contributed by atoms with Crippen molar-refractivity contribution in [2.45, 2.75) is 69.6 Å². The molecule has 0 amide bonds. The third-order valence-electron chi connectivity index (χ3n) is 4.88. The molecule has 1 spiro atoms. The van der Waals surface area contributed by atoms with Gasteiger partial charge in [-0.25, -0.2) is 0 Å². The summed E-state index contributed by atoms with van der Waals surface area (Å²) in [6, 6.07) is 0.778. The summed E-state index contributed by atoms with van der Waals surface area (Å²) >= 11 is 0. The van der Waals surface area contributed by atoms with Crippen LogP contribution in [0.5, 0.6) is 0 Å². The summed E-state index contributed by atoms with van der Waals surface area (Å²) in [5.41, 5.74) is 0.160. The fourth-order valence-electron chi connectivity index (χ4n) is 3.83. The van der Waals surface area contributed by atoms with E-state index in [0.717, 1.165) is 25.3 Å². The van der Waals surface area contributed by atoms with E-state index < -0.39 is 0 Å². The topological polar surface area (TPSA) is 52.0 Å². The molecule has 1 aliphatic carbocycles. The van der Waals surface area contributed by atoms with Crippen LogP contribution < -0.4 is 5.32 Å². The Morgan fingerprint density at radius 3 is 2.90 bits per heavy atom. The molecule has 0 bridgehead atoms. The predicted molar refractivity (Wildman–Crippen MR) is 77.3 cm³/mol. The maximum Gasteiger partial charge on any atom is 0.149 e.